The molecule has 0 spiro atoms. The lowest BCUT2D eigenvalue weighted by Crippen LogP contribution is -2.39. The van der Waals surface area contributed by atoms with Gasteiger partial charge in [0, 0.05) is 23.3 Å². The Bertz CT molecular complexity index is 812. The van der Waals surface area contributed by atoms with Gasteiger partial charge in [0.2, 0.25) is 0 Å². The minimum Gasteiger partial charge on any atom is -0.388 e. The van der Waals surface area contributed by atoms with E-state index in [1.807, 2.05) is 43.3 Å². The van der Waals surface area contributed by atoms with Crippen LogP contribution in [0.5, 0.6) is 0 Å². The fraction of sp³-hybridized carbons (Fsp3) is 0.278. The van der Waals surface area contributed by atoms with Crippen LogP contribution >= 0.6 is 0 Å². The van der Waals surface area contributed by atoms with Crippen LogP contribution in [0.4, 0.5) is 5.82 Å². The predicted molar refractivity (Wildman–Crippen MR) is 92.2 cm³/mol. The van der Waals surface area contributed by atoms with E-state index in [4.69, 9.17) is 0 Å². The van der Waals surface area contributed by atoms with Gasteiger partial charge in [-0.1, -0.05) is 12.1 Å². The zero-order valence-electron chi connectivity index (χ0n) is 13.5. The number of nitrogens with zero attached hydrogens (tertiary/aromatic N) is 3. The Morgan fingerprint density at radius 1 is 1.04 bits per heavy atom. The third-order valence-corrected chi connectivity index (χ3v) is 3.95. The van der Waals surface area contributed by atoms with Crippen molar-refractivity contribution in [2.45, 2.75) is 32.4 Å². The molecule has 2 heterocycles. The van der Waals surface area contributed by atoms with Crippen LogP contribution in [0.1, 0.15) is 20.8 Å². The highest BCUT2D eigenvalue weighted by atomic mass is 16.3. The van der Waals surface area contributed by atoms with Crippen LogP contribution in [0.25, 0.3) is 22.3 Å². The Morgan fingerprint density at radius 3 is 2.43 bits per heavy atom. The number of anilines is 1. The summed E-state index contributed by atoms with van der Waals surface area (Å²) in [6, 6.07) is 11.4. The highest BCUT2D eigenvalue weighted by Crippen LogP contribution is 2.26. The molecule has 5 heteroatoms. The largest absolute Gasteiger partial charge is 0.388 e. The van der Waals surface area contributed by atoms with E-state index in [2.05, 4.69) is 20.3 Å². The molecule has 0 saturated carbocycles. The molecular formula is C18H20N4O. The Balaban J connectivity index is 2.12. The van der Waals surface area contributed by atoms with Gasteiger partial charge in [0.1, 0.15) is 5.82 Å². The van der Waals surface area contributed by atoms with Crippen molar-refractivity contribution in [1.82, 2.24) is 15.0 Å². The van der Waals surface area contributed by atoms with Gasteiger partial charge in [0.05, 0.1) is 17.2 Å². The third-order valence-electron chi connectivity index (χ3n) is 3.95. The normalized spacial score (nSPS) is 13.0. The number of benzene rings is 1. The maximum absolute atomic E-state index is 10.2. The summed E-state index contributed by atoms with van der Waals surface area (Å²) in [6.07, 6.45) is 3.45. The first kappa shape index (κ1) is 15.4. The molecule has 5 nitrogen and oxygen atoms in total. The second-order valence-corrected chi connectivity index (χ2v) is 6.17. The fourth-order valence-corrected chi connectivity index (χ4v) is 2.20. The molecule has 2 N–H and O–H groups in total. The van der Waals surface area contributed by atoms with Crippen molar-refractivity contribution >= 4 is 16.7 Å². The molecule has 23 heavy (non-hydrogen) atoms. The van der Waals surface area contributed by atoms with Crippen LogP contribution in [0.3, 0.4) is 0 Å². The lowest BCUT2D eigenvalue weighted by Gasteiger charge is -2.27. The molecule has 1 atom stereocenters. The van der Waals surface area contributed by atoms with Crippen molar-refractivity contribution < 1.29 is 5.11 Å². The molecule has 0 bridgehead atoms. The van der Waals surface area contributed by atoms with Crippen molar-refractivity contribution in [3.63, 3.8) is 0 Å². The zero-order valence-corrected chi connectivity index (χ0v) is 13.5. The predicted octanol–water partition coefficient (Wildman–Crippen LogP) is 3.26. The van der Waals surface area contributed by atoms with Gasteiger partial charge in [-0.15, -0.1) is 0 Å². The molecule has 0 aliphatic rings. The molecule has 2 aromatic heterocycles. The van der Waals surface area contributed by atoms with Gasteiger partial charge in [-0.2, -0.15) is 0 Å². The van der Waals surface area contributed by atoms with Crippen molar-refractivity contribution in [3.8, 4) is 11.4 Å². The molecule has 118 valence electrons. The van der Waals surface area contributed by atoms with E-state index >= 15 is 0 Å². The van der Waals surface area contributed by atoms with Crippen LogP contribution in [-0.4, -0.2) is 31.7 Å². The molecule has 1 aromatic carbocycles. The van der Waals surface area contributed by atoms with Gasteiger partial charge in [-0.05, 0) is 45.0 Å². The van der Waals surface area contributed by atoms with E-state index in [0.29, 0.717) is 5.82 Å². The zero-order chi connectivity index (χ0) is 16.4. The van der Waals surface area contributed by atoms with Gasteiger partial charge < -0.3 is 10.4 Å². The summed E-state index contributed by atoms with van der Waals surface area (Å²) in [4.78, 5) is 13.3. The summed E-state index contributed by atoms with van der Waals surface area (Å²) in [5.74, 6) is 1.36. The number of para-hydroxylation sites is 1. The van der Waals surface area contributed by atoms with E-state index in [-0.39, 0.29) is 6.04 Å². The third kappa shape index (κ3) is 3.29. The second-order valence-electron chi connectivity index (χ2n) is 6.17. The maximum Gasteiger partial charge on any atom is 0.162 e. The van der Waals surface area contributed by atoms with Gasteiger partial charge in [-0.25, -0.2) is 9.97 Å². The first-order chi connectivity index (χ1) is 10.9. The van der Waals surface area contributed by atoms with Crippen LogP contribution in [0.2, 0.25) is 0 Å². The molecule has 0 fully saturated rings. The number of rotatable bonds is 4. The number of hydrogen-bond acceptors (Lipinski definition) is 5. The second kappa shape index (κ2) is 5.93. The lowest BCUT2D eigenvalue weighted by molar-refractivity contribution is 0.0648. The molecular weight excluding hydrogens is 288 g/mol. The van der Waals surface area contributed by atoms with Crippen molar-refractivity contribution in [3.05, 3.63) is 48.8 Å². The molecule has 0 radical (unpaired) electrons. The van der Waals surface area contributed by atoms with Gasteiger partial charge >= 0.3 is 0 Å². The van der Waals surface area contributed by atoms with Crippen molar-refractivity contribution in [2.24, 2.45) is 0 Å². The van der Waals surface area contributed by atoms with Crippen LogP contribution < -0.4 is 5.32 Å². The average molecular weight is 308 g/mol. The molecule has 0 unspecified atom stereocenters. The summed E-state index contributed by atoms with van der Waals surface area (Å²) >= 11 is 0. The average Bonchev–Trinajstić information content (AvgIpc) is 2.54. The topological polar surface area (TPSA) is 70.9 Å². The summed E-state index contributed by atoms with van der Waals surface area (Å²) in [6.45, 7) is 5.48. The molecule has 3 rings (SSSR count). The van der Waals surface area contributed by atoms with Crippen molar-refractivity contribution in [2.75, 3.05) is 5.32 Å². The molecule has 0 amide bonds. The van der Waals surface area contributed by atoms with Gasteiger partial charge in [-0.3, -0.25) is 4.98 Å². The van der Waals surface area contributed by atoms with E-state index in [1.165, 1.54) is 0 Å². The standard InChI is InChI=1S/C18H20N4O/c1-12(18(2,3)23)20-17-14-6-4-5-7-15(14)21-16(22-17)13-8-10-19-11-9-13/h4-12,23H,1-3H3,(H,20,21,22)/t12-/m1/s1. The maximum atomic E-state index is 10.2. The first-order valence-electron chi connectivity index (χ1n) is 7.61. The summed E-state index contributed by atoms with van der Waals surface area (Å²) in [5.41, 5.74) is 0.910. The smallest absolute Gasteiger partial charge is 0.162 e. The molecule has 0 saturated heterocycles. The molecule has 0 aliphatic carbocycles. The number of pyridine rings is 1. The van der Waals surface area contributed by atoms with Crippen molar-refractivity contribution in [1.29, 1.82) is 0 Å². The Labute approximate surface area is 135 Å². The monoisotopic (exact) mass is 308 g/mol. The lowest BCUT2D eigenvalue weighted by atomic mass is 10.0. The summed E-state index contributed by atoms with van der Waals surface area (Å²) in [7, 11) is 0. The van der Waals surface area contributed by atoms with E-state index in [9.17, 15) is 5.11 Å². The highest BCUT2D eigenvalue weighted by molar-refractivity contribution is 5.90. The Hall–Kier alpha value is -2.53. The van der Waals surface area contributed by atoms with E-state index < -0.39 is 5.60 Å². The van der Waals surface area contributed by atoms with E-state index in [1.54, 1.807) is 26.2 Å². The van der Waals surface area contributed by atoms with Crippen LogP contribution in [0.15, 0.2) is 48.8 Å². The van der Waals surface area contributed by atoms with Gasteiger partial charge in [0.25, 0.3) is 0 Å². The number of aliphatic hydroxyl groups is 1. The highest BCUT2D eigenvalue weighted by Gasteiger charge is 2.23. The SMILES string of the molecule is C[C@@H](Nc1nc(-c2ccncc2)nc2ccccc12)C(C)(C)O. The number of fused-ring (bicyclic) bond motifs is 1. The minimum absolute atomic E-state index is 0.161. The van der Waals surface area contributed by atoms with E-state index in [0.717, 1.165) is 22.3 Å². The van der Waals surface area contributed by atoms with Crippen LogP contribution in [0, 0.1) is 0 Å². The quantitative estimate of drug-likeness (QED) is 0.774. The number of hydrogen-bond donors (Lipinski definition) is 2. The van der Waals surface area contributed by atoms with Gasteiger partial charge in [0.15, 0.2) is 5.82 Å². The Kier molecular flexibility index (Phi) is 3.96. The summed E-state index contributed by atoms with van der Waals surface area (Å²) < 4.78 is 0. The Morgan fingerprint density at radius 2 is 1.74 bits per heavy atom. The molecule has 0 aliphatic heterocycles. The summed E-state index contributed by atoms with van der Waals surface area (Å²) in [5, 5.41) is 14.4. The number of nitrogens with one attached hydrogen (secondary N) is 1. The van der Waals surface area contributed by atoms with Crippen LogP contribution in [-0.2, 0) is 0 Å². The molecule has 3 aromatic rings. The fourth-order valence-electron chi connectivity index (χ4n) is 2.20. The first-order valence-corrected chi connectivity index (χ1v) is 7.61. The number of aromatic nitrogens is 3. The minimum atomic E-state index is -0.858.